The minimum Gasteiger partial charge on any atom is -0.479 e. The van der Waals surface area contributed by atoms with Gasteiger partial charge in [0.25, 0.3) is 5.91 Å². The molecule has 9 heteroatoms. The van der Waals surface area contributed by atoms with E-state index in [1.54, 1.807) is 61.5 Å². The number of hydrogen-bond donors (Lipinski definition) is 2. The van der Waals surface area contributed by atoms with Gasteiger partial charge in [0.1, 0.15) is 5.75 Å². The molecule has 1 fully saturated rings. The Balaban J connectivity index is 1.67. The number of ether oxygens (including phenoxy) is 2. The molecule has 160 valence electrons. The number of carbonyl (C=O) groups excluding carboxylic acids is 2. The lowest BCUT2D eigenvalue weighted by Gasteiger charge is -2.10. The van der Waals surface area contributed by atoms with Crippen LogP contribution in [0.4, 0.5) is 5.69 Å². The molecule has 0 radical (unpaired) electrons. The Labute approximate surface area is 183 Å². The molecule has 1 saturated heterocycles. The van der Waals surface area contributed by atoms with Crippen LogP contribution in [-0.4, -0.2) is 40.8 Å². The van der Waals surface area contributed by atoms with E-state index in [2.05, 4.69) is 10.3 Å². The van der Waals surface area contributed by atoms with Gasteiger partial charge >= 0.3 is 11.9 Å². The lowest BCUT2D eigenvalue weighted by Crippen LogP contribution is -2.22. The van der Waals surface area contributed by atoms with Crippen LogP contribution in [0.5, 0.6) is 5.75 Å². The van der Waals surface area contributed by atoms with Crippen LogP contribution in [0.25, 0.3) is 6.08 Å². The van der Waals surface area contributed by atoms with Crippen LogP contribution < -0.4 is 10.1 Å². The van der Waals surface area contributed by atoms with Gasteiger partial charge in [-0.2, -0.15) is 0 Å². The lowest BCUT2D eigenvalue weighted by molar-refractivity contribution is -0.144. The van der Waals surface area contributed by atoms with E-state index >= 15 is 0 Å². The highest BCUT2D eigenvalue weighted by Gasteiger charge is 2.24. The summed E-state index contributed by atoms with van der Waals surface area (Å²) in [5.74, 6) is -1.29. The SMILES string of the molecule is CCOC(=O)c1ccc(N=C2NC(=O)/C(=C\c3ccc(OC(C)C(=O)O)cc3)S2)cc1. The third kappa shape index (κ3) is 5.95. The number of thioether (sulfide) groups is 1. The number of carbonyl (C=O) groups is 3. The van der Waals surface area contributed by atoms with Gasteiger partial charge in [-0.1, -0.05) is 12.1 Å². The topological polar surface area (TPSA) is 114 Å². The van der Waals surface area contributed by atoms with Gasteiger partial charge in [0.05, 0.1) is 22.8 Å². The van der Waals surface area contributed by atoms with Gasteiger partial charge in [0, 0.05) is 0 Å². The number of carboxylic acid groups (broad SMARTS) is 1. The molecule has 1 heterocycles. The highest BCUT2D eigenvalue weighted by atomic mass is 32.2. The van der Waals surface area contributed by atoms with Gasteiger partial charge in [0.2, 0.25) is 0 Å². The summed E-state index contributed by atoms with van der Waals surface area (Å²) in [6.45, 7) is 3.49. The minimum atomic E-state index is -1.05. The predicted molar refractivity (Wildman–Crippen MR) is 117 cm³/mol. The van der Waals surface area contributed by atoms with E-state index in [0.29, 0.717) is 33.7 Å². The molecule has 1 unspecified atom stereocenters. The second-order valence-corrected chi connectivity index (χ2v) is 7.45. The highest BCUT2D eigenvalue weighted by molar-refractivity contribution is 8.18. The molecule has 3 rings (SSSR count). The molecule has 0 aromatic heterocycles. The van der Waals surface area contributed by atoms with E-state index in [-0.39, 0.29) is 5.91 Å². The molecule has 0 bridgehead atoms. The zero-order valence-corrected chi connectivity index (χ0v) is 17.6. The van der Waals surface area contributed by atoms with Crippen molar-refractivity contribution in [3.63, 3.8) is 0 Å². The van der Waals surface area contributed by atoms with Crippen molar-refractivity contribution in [3.8, 4) is 5.75 Å². The number of esters is 1. The zero-order chi connectivity index (χ0) is 22.4. The third-order valence-electron chi connectivity index (χ3n) is 4.10. The van der Waals surface area contributed by atoms with Gasteiger partial charge in [-0.15, -0.1) is 0 Å². The monoisotopic (exact) mass is 440 g/mol. The Kier molecular flexibility index (Phi) is 7.09. The number of benzene rings is 2. The fourth-order valence-electron chi connectivity index (χ4n) is 2.53. The molecule has 1 amide bonds. The molecule has 0 saturated carbocycles. The summed E-state index contributed by atoms with van der Waals surface area (Å²) in [6.07, 6.45) is 0.752. The van der Waals surface area contributed by atoms with Crippen LogP contribution in [0.15, 0.2) is 58.4 Å². The Hall–Kier alpha value is -3.59. The third-order valence-corrected chi connectivity index (χ3v) is 5.01. The van der Waals surface area contributed by atoms with Crippen LogP contribution in [0.2, 0.25) is 0 Å². The zero-order valence-electron chi connectivity index (χ0n) is 16.8. The number of carboxylic acids is 1. The smallest absolute Gasteiger partial charge is 0.344 e. The van der Waals surface area contributed by atoms with Gasteiger partial charge in [-0.05, 0) is 73.6 Å². The summed E-state index contributed by atoms with van der Waals surface area (Å²) in [5.41, 5.74) is 1.78. The number of nitrogens with zero attached hydrogens (tertiary/aromatic N) is 1. The van der Waals surface area contributed by atoms with Crippen LogP contribution in [0.3, 0.4) is 0 Å². The van der Waals surface area contributed by atoms with Crippen molar-refractivity contribution in [3.05, 3.63) is 64.6 Å². The quantitative estimate of drug-likeness (QED) is 0.499. The van der Waals surface area contributed by atoms with E-state index in [1.807, 2.05) is 0 Å². The molecule has 0 aliphatic carbocycles. The molecule has 1 aliphatic heterocycles. The lowest BCUT2D eigenvalue weighted by atomic mass is 10.2. The Morgan fingerprint density at radius 3 is 2.45 bits per heavy atom. The van der Waals surface area contributed by atoms with Crippen molar-refractivity contribution in [1.29, 1.82) is 0 Å². The molecule has 0 spiro atoms. The summed E-state index contributed by atoms with van der Waals surface area (Å²) in [4.78, 5) is 39.7. The first-order chi connectivity index (χ1) is 14.9. The van der Waals surface area contributed by atoms with Crippen molar-refractivity contribution in [2.75, 3.05) is 6.61 Å². The fourth-order valence-corrected chi connectivity index (χ4v) is 3.37. The Bertz CT molecular complexity index is 1040. The van der Waals surface area contributed by atoms with Crippen molar-refractivity contribution in [2.24, 2.45) is 4.99 Å². The summed E-state index contributed by atoms with van der Waals surface area (Å²) in [7, 11) is 0. The number of rotatable bonds is 7. The Morgan fingerprint density at radius 2 is 1.84 bits per heavy atom. The molecular formula is C22H20N2O6S. The number of aliphatic carboxylic acids is 1. The normalized spacial score (nSPS) is 16.8. The second-order valence-electron chi connectivity index (χ2n) is 6.42. The molecule has 2 aromatic rings. The molecule has 1 atom stereocenters. The van der Waals surface area contributed by atoms with E-state index in [0.717, 1.165) is 5.56 Å². The average Bonchev–Trinajstić information content (AvgIpc) is 3.08. The van der Waals surface area contributed by atoms with Gasteiger partial charge in [0.15, 0.2) is 11.3 Å². The molecule has 1 aliphatic rings. The van der Waals surface area contributed by atoms with Crippen molar-refractivity contribution >= 4 is 46.5 Å². The number of amides is 1. The summed E-state index contributed by atoms with van der Waals surface area (Å²) in [6, 6.07) is 13.3. The van der Waals surface area contributed by atoms with Crippen LogP contribution in [0.1, 0.15) is 29.8 Å². The first-order valence-electron chi connectivity index (χ1n) is 9.42. The predicted octanol–water partition coefficient (Wildman–Crippen LogP) is 3.61. The largest absolute Gasteiger partial charge is 0.479 e. The fraction of sp³-hybridized carbons (Fsp3) is 0.182. The number of hydrogen-bond acceptors (Lipinski definition) is 7. The number of amidine groups is 1. The van der Waals surface area contributed by atoms with Gasteiger partial charge in [-0.3, -0.25) is 4.79 Å². The standard InChI is InChI=1S/C22H20N2O6S/c1-3-29-21(28)15-6-8-16(9-7-15)23-22-24-19(25)18(31-22)12-14-4-10-17(11-5-14)30-13(2)20(26)27/h4-13H,3H2,1-2H3,(H,26,27)(H,23,24,25)/b18-12+. The van der Waals surface area contributed by atoms with Crippen LogP contribution >= 0.6 is 11.8 Å². The highest BCUT2D eigenvalue weighted by Crippen LogP contribution is 2.28. The van der Waals surface area contributed by atoms with Crippen molar-refractivity contribution in [1.82, 2.24) is 5.32 Å². The minimum absolute atomic E-state index is 0.272. The first kappa shape index (κ1) is 22.1. The van der Waals surface area contributed by atoms with E-state index in [1.165, 1.54) is 18.7 Å². The van der Waals surface area contributed by atoms with Crippen LogP contribution in [0, 0.1) is 0 Å². The second kappa shape index (κ2) is 9.94. The average molecular weight is 440 g/mol. The van der Waals surface area contributed by atoms with Gasteiger partial charge < -0.3 is 19.9 Å². The Morgan fingerprint density at radius 1 is 1.16 bits per heavy atom. The van der Waals surface area contributed by atoms with Crippen molar-refractivity contribution < 1.29 is 29.0 Å². The maximum Gasteiger partial charge on any atom is 0.344 e. The van der Waals surface area contributed by atoms with E-state index in [4.69, 9.17) is 14.6 Å². The molecule has 2 aromatic carbocycles. The summed E-state index contributed by atoms with van der Waals surface area (Å²) >= 11 is 1.20. The summed E-state index contributed by atoms with van der Waals surface area (Å²) < 4.78 is 10.2. The maximum atomic E-state index is 12.2. The number of aliphatic imine (C=N–C) groups is 1. The summed E-state index contributed by atoms with van der Waals surface area (Å²) in [5, 5.41) is 12.0. The van der Waals surface area contributed by atoms with Crippen LogP contribution in [-0.2, 0) is 14.3 Å². The van der Waals surface area contributed by atoms with E-state index in [9.17, 15) is 14.4 Å². The molecule has 31 heavy (non-hydrogen) atoms. The van der Waals surface area contributed by atoms with E-state index < -0.39 is 18.0 Å². The number of nitrogens with one attached hydrogen (secondary N) is 1. The molecule has 2 N–H and O–H groups in total. The molecule has 8 nitrogen and oxygen atoms in total. The first-order valence-corrected chi connectivity index (χ1v) is 10.2. The van der Waals surface area contributed by atoms with Gasteiger partial charge in [-0.25, -0.2) is 14.6 Å². The van der Waals surface area contributed by atoms with Crippen molar-refractivity contribution in [2.45, 2.75) is 20.0 Å². The maximum absolute atomic E-state index is 12.2. The molecular weight excluding hydrogens is 420 g/mol.